The zero-order valence-electron chi connectivity index (χ0n) is 17.8. The van der Waals surface area contributed by atoms with E-state index in [1.807, 2.05) is 25.1 Å². The molecule has 2 heterocycles. The molecule has 1 N–H and O–H groups in total. The maximum absolute atomic E-state index is 13.1. The minimum atomic E-state index is -0.492. The molecule has 0 aliphatic carbocycles. The van der Waals surface area contributed by atoms with Crippen LogP contribution in [0, 0.1) is 0 Å². The van der Waals surface area contributed by atoms with E-state index in [9.17, 15) is 4.79 Å². The lowest BCUT2D eigenvalue weighted by molar-refractivity contribution is -0.139. The normalized spacial score (nSPS) is 15.5. The van der Waals surface area contributed by atoms with Gasteiger partial charge in [-0.15, -0.1) is 0 Å². The van der Waals surface area contributed by atoms with Crippen LogP contribution in [0.3, 0.4) is 0 Å². The van der Waals surface area contributed by atoms with Gasteiger partial charge in [-0.3, -0.25) is 0 Å². The summed E-state index contributed by atoms with van der Waals surface area (Å²) >= 11 is 3.52. The molecule has 0 amide bonds. The Morgan fingerprint density at radius 3 is 2.77 bits per heavy atom. The second-order valence-electron chi connectivity index (χ2n) is 7.38. The maximum atomic E-state index is 13.1. The first-order chi connectivity index (χ1) is 14.6. The molecule has 0 spiro atoms. The van der Waals surface area contributed by atoms with Gasteiger partial charge in [0.25, 0.3) is 0 Å². The van der Waals surface area contributed by atoms with Crippen molar-refractivity contribution in [3.05, 3.63) is 45.8 Å². The van der Waals surface area contributed by atoms with Crippen LogP contribution in [0.2, 0.25) is 0 Å². The third-order valence-electron chi connectivity index (χ3n) is 5.23. The first kappa shape index (κ1) is 22.3. The molecule has 1 unspecified atom stereocenters. The van der Waals surface area contributed by atoms with Gasteiger partial charge < -0.3 is 14.8 Å². The monoisotopic (exact) mass is 476 g/mol. The van der Waals surface area contributed by atoms with Gasteiger partial charge in [-0.05, 0) is 31.5 Å². The highest BCUT2D eigenvalue weighted by Crippen LogP contribution is 2.40. The van der Waals surface area contributed by atoms with Gasteiger partial charge in [0.2, 0.25) is 5.95 Å². The summed E-state index contributed by atoms with van der Waals surface area (Å²) in [5.74, 6) is 0.898. The van der Waals surface area contributed by atoms with E-state index in [1.54, 1.807) is 11.8 Å². The summed E-state index contributed by atoms with van der Waals surface area (Å²) in [4.78, 5) is 17.4. The number of carbonyl (C=O) groups is 1. The molecule has 0 saturated heterocycles. The summed E-state index contributed by atoms with van der Waals surface area (Å²) in [6, 6.07) is 5.22. The lowest BCUT2D eigenvalue weighted by Gasteiger charge is -2.29. The third-order valence-corrected chi connectivity index (χ3v) is 5.72. The Bertz CT molecular complexity index is 910. The Morgan fingerprint density at radius 1 is 1.23 bits per heavy atom. The summed E-state index contributed by atoms with van der Waals surface area (Å²) < 4.78 is 13.8. The molecule has 1 aliphatic heterocycles. The smallest absolute Gasteiger partial charge is 0.338 e. The Kier molecular flexibility index (Phi) is 7.90. The SMILES string of the molecule is CCCCCCCCOC(=O)C1=C(C)Nc2ncnn2C1c1cc(Br)ccc1OC. The number of nitrogens with zero attached hydrogens (tertiary/aromatic N) is 3. The van der Waals surface area contributed by atoms with Gasteiger partial charge in [0, 0.05) is 15.7 Å². The predicted molar refractivity (Wildman–Crippen MR) is 120 cm³/mol. The Morgan fingerprint density at radius 2 is 2.00 bits per heavy atom. The number of benzene rings is 1. The number of allylic oxidation sites excluding steroid dienone is 1. The molecule has 3 rings (SSSR count). The standard InChI is InChI=1S/C22H29BrN4O3/c1-4-5-6-7-8-9-12-30-21(28)19-15(2)26-22-24-14-25-27(22)20(19)17-13-16(23)10-11-18(17)29-3/h10-11,13-14,20H,4-9,12H2,1-3H3,(H,24,25,26). The van der Waals surface area contributed by atoms with Gasteiger partial charge in [0.1, 0.15) is 18.1 Å². The number of rotatable bonds is 10. The molecule has 1 atom stereocenters. The maximum Gasteiger partial charge on any atom is 0.338 e. The lowest BCUT2D eigenvalue weighted by Crippen LogP contribution is -2.30. The first-order valence-electron chi connectivity index (χ1n) is 10.4. The molecule has 30 heavy (non-hydrogen) atoms. The van der Waals surface area contributed by atoms with Crippen molar-refractivity contribution in [1.82, 2.24) is 14.8 Å². The van der Waals surface area contributed by atoms with Crippen LogP contribution in [0.1, 0.15) is 64.0 Å². The van der Waals surface area contributed by atoms with Gasteiger partial charge >= 0.3 is 5.97 Å². The van der Waals surface area contributed by atoms with Crippen molar-refractivity contribution >= 4 is 27.8 Å². The Balaban J connectivity index is 1.81. The molecule has 0 saturated carbocycles. The number of esters is 1. The van der Waals surface area contributed by atoms with Crippen LogP contribution in [-0.2, 0) is 9.53 Å². The van der Waals surface area contributed by atoms with E-state index < -0.39 is 6.04 Å². The van der Waals surface area contributed by atoms with Crippen molar-refractivity contribution in [2.24, 2.45) is 0 Å². The van der Waals surface area contributed by atoms with Crippen molar-refractivity contribution < 1.29 is 14.3 Å². The van der Waals surface area contributed by atoms with E-state index in [-0.39, 0.29) is 5.97 Å². The highest BCUT2D eigenvalue weighted by Gasteiger charge is 2.36. The van der Waals surface area contributed by atoms with Crippen LogP contribution in [0.5, 0.6) is 5.75 Å². The van der Waals surface area contributed by atoms with E-state index in [0.717, 1.165) is 22.9 Å². The molecule has 7 nitrogen and oxygen atoms in total. The van der Waals surface area contributed by atoms with Gasteiger partial charge in [0.05, 0.1) is 19.3 Å². The molecular weight excluding hydrogens is 448 g/mol. The highest BCUT2D eigenvalue weighted by atomic mass is 79.9. The van der Waals surface area contributed by atoms with Gasteiger partial charge in [-0.1, -0.05) is 55.0 Å². The van der Waals surface area contributed by atoms with Crippen LogP contribution in [-0.4, -0.2) is 34.5 Å². The van der Waals surface area contributed by atoms with Crippen molar-refractivity contribution in [3.63, 3.8) is 0 Å². The molecule has 2 aromatic rings. The van der Waals surface area contributed by atoms with Gasteiger partial charge in [-0.2, -0.15) is 10.1 Å². The summed E-state index contributed by atoms with van der Waals surface area (Å²) in [6.45, 7) is 4.47. The van der Waals surface area contributed by atoms with E-state index in [2.05, 4.69) is 38.3 Å². The van der Waals surface area contributed by atoms with E-state index >= 15 is 0 Å². The number of ether oxygens (including phenoxy) is 2. The fourth-order valence-electron chi connectivity index (χ4n) is 3.69. The molecule has 162 valence electrons. The molecule has 0 bridgehead atoms. The molecule has 1 aromatic carbocycles. The summed E-state index contributed by atoms with van der Waals surface area (Å²) in [5.41, 5.74) is 2.02. The second-order valence-corrected chi connectivity index (χ2v) is 8.30. The largest absolute Gasteiger partial charge is 0.496 e. The number of aromatic nitrogens is 3. The number of unbranched alkanes of at least 4 members (excludes halogenated alkanes) is 5. The van der Waals surface area contributed by atoms with Crippen molar-refractivity contribution in [3.8, 4) is 5.75 Å². The minimum Gasteiger partial charge on any atom is -0.496 e. The number of anilines is 1. The topological polar surface area (TPSA) is 78.3 Å². The number of methoxy groups -OCH3 is 1. The molecule has 1 aliphatic rings. The molecule has 1 aromatic heterocycles. The fourth-order valence-corrected chi connectivity index (χ4v) is 4.07. The van der Waals surface area contributed by atoms with Crippen LogP contribution >= 0.6 is 15.9 Å². The number of halogens is 1. The third kappa shape index (κ3) is 5.03. The Labute approximate surface area is 186 Å². The van der Waals surface area contributed by atoms with E-state index in [4.69, 9.17) is 9.47 Å². The molecular formula is C22H29BrN4O3. The molecule has 8 heteroatoms. The van der Waals surface area contributed by atoms with E-state index in [0.29, 0.717) is 29.6 Å². The van der Waals surface area contributed by atoms with E-state index in [1.165, 1.54) is 32.0 Å². The zero-order chi connectivity index (χ0) is 21.5. The predicted octanol–water partition coefficient (Wildman–Crippen LogP) is 5.24. The first-order valence-corrected chi connectivity index (χ1v) is 11.2. The number of hydrogen-bond acceptors (Lipinski definition) is 6. The minimum absolute atomic E-state index is 0.346. The van der Waals surface area contributed by atoms with Crippen LogP contribution in [0.4, 0.5) is 5.95 Å². The second kappa shape index (κ2) is 10.6. The van der Waals surface area contributed by atoms with Crippen LogP contribution in [0.15, 0.2) is 40.3 Å². The highest BCUT2D eigenvalue weighted by molar-refractivity contribution is 9.10. The number of carbonyl (C=O) groups excluding carboxylic acids is 1. The number of nitrogens with one attached hydrogen (secondary N) is 1. The number of fused-ring (bicyclic) bond motifs is 1. The van der Waals surface area contributed by atoms with Crippen LogP contribution in [0.25, 0.3) is 0 Å². The lowest BCUT2D eigenvalue weighted by atomic mass is 9.95. The number of hydrogen-bond donors (Lipinski definition) is 1. The average Bonchev–Trinajstić information content (AvgIpc) is 3.19. The van der Waals surface area contributed by atoms with Crippen molar-refractivity contribution in [1.29, 1.82) is 0 Å². The zero-order valence-corrected chi connectivity index (χ0v) is 19.4. The average molecular weight is 477 g/mol. The van der Waals surface area contributed by atoms with Gasteiger partial charge in [0.15, 0.2) is 0 Å². The van der Waals surface area contributed by atoms with Crippen molar-refractivity contribution in [2.75, 3.05) is 19.0 Å². The molecule has 0 radical (unpaired) electrons. The summed E-state index contributed by atoms with van der Waals surface area (Å²) in [7, 11) is 1.61. The van der Waals surface area contributed by atoms with Gasteiger partial charge in [-0.25, -0.2) is 9.48 Å². The van der Waals surface area contributed by atoms with Crippen LogP contribution < -0.4 is 10.1 Å². The molecule has 0 fully saturated rings. The quantitative estimate of drug-likeness (QED) is 0.373. The summed E-state index contributed by atoms with van der Waals surface area (Å²) in [6.07, 6.45) is 8.30. The fraction of sp³-hybridized carbons (Fsp3) is 0.500. The van der Waals surface area contributed by atoms with Crippen molar-refractivity contribution in [2.45, 2.75) is 58.4 Å². The Hall–Kier alpha value is -2.35. The summed E-state index contributed by atoms with van der Waals surface area (Å²) in [5, 5.41) is 7.52.